The quantitative estimate of drug-likeness (QED) is 0.514. The van der Waals surface area contributed by atoms with Crippen LogP contribution in [0.1, 0.15) is 37.5 Å². The molecule has 0 aliphatic carbocycles. The van der Waals surface area contributed by atoms with Crippen LogP contribution in [0.25, 0.3) is 5.32 Å². The van der Waals surface area contributed by atoms with Gasteiger partial charge in [0.1, 0.15) is 18.1 Å². The molecule has 2 aromatic carbocycles. The zero-order valence-electron chi connectivity index (χ0n) is 17.8. The first-order chi connectivity index (χ1) is 15.2. The first-order valence-electron chi connectivity index (χ1n) is 9.33. The molecule has 0 saturated carbocycles. The van der Waals surface area contributed by atoms with Gasteiger partial charge in [0.05, 0.1) is 17.7 Å². The second-order valence-electron chi connectivity index (χ2n) is 6.84. The molecule has 0 spiro atoms. The van der Waals surface area contributed by atoms with Gasteiger partial charge in [0.2, 0.25) is 5.91 Å². The summed E-state index contributed by atoms with van der Waals surface area (Å²) in [7, 11) is 0. The number of nitrogens with zero attached hydrogens (tertiary/aromatic N) is 3. The van der Waals surface area contributed by atoms with E-state index in [9.17, 15) is 23.2 Å². The zero-order chi connectivity index (χ0) is 23.3. The number of rotatable bonds is 7. The van der Waals surface area contributed by atoms with Crippen molar-refractivity contribution < 1.29 is 47.1 Å². The molecular formula is C22H17F2LiN4O4. The molecule has 3 aromatic rings. The van der Waals surface area contributed by atoms with E-state index < -0.39 is 29.4 Å². The number of halogens is 2. The Labute approximate surface area is 199 Å². The number of hydrogen-bond acceptors (Lipinski definition) is 5. The first-order valence-corrected chi connectivity index (χ1v) is 9.33. The molecule has 164 valence electrons. The third-order valence-corrected chi connectivity index (χ3v) is 4.43. The monoisotopic (exact) mass is 446 g/mol. The van der Waals surface area contributed by atoms with Gasteiger partial charge in [-0.15, -0.1) is 6.54 Å². The van der Waals surface area contributed by atoms with Crippen molar-refractivity contribution in [2.45, 2.75) is 19.9 Å². The number of nitrogens with one attached hydrogen (secondary N) is 1. The fraction of sp³-hybridized carbons (Fsp3) is 0.136. The Hall–Kier alpha value is -3.61. The summed E-state index contributed by atoms with van der Waals surface area (Å²) >= 11 is 0. The van der Waals surface area contributed by atoms with E-state index in [-0.39, 0.29) is 48.9 Å². The second kappa shape index (κ2) is 11.3. The van der Waals surface area contributed by atoms with Crippen LogP contribution in [-0.2, 0) is 17.8 Å². The molecule has 2 N–H and O–H groups in total. The molecule has 8 nitrogen and oxygen atoms in total. The van der Waals surface area contributed by atoms with Crippen LogP contribution >= 0.6 is 0 Å². The number of carbonyl (C=O) groups is 3. The number of benzene rings is 2. The van der Waals surface area contributed by atoms with E-state index in [1.807, 2.05) is 0 Å². The molecule has 0 atom stereocenters. The molecule has 11 heteroatoms. The first kappa shape index (κ1) is 25.6. The summed E-state index contributed by atoms with van der Waals surface area (Å²) in [4.78, 5) is 43.3. The minimum Gasteiger partial charge on any atom is -0.644 e. The van der Waals surface area contributed by atoms with Crippen molar-refractivity contribution in [3.05, 3.63) is 93.7 Å². The van der Waals surface area contributed by atoms with Crippen LogP contribution in [0.3, 0.4) is 0 Å². The molecule has 0 unspecified atom stereocenters. The topological polar surface area (TPSA) is 123 Å². The van der Waals surface area contributed by atoms with Crippen molar-refractivity contribution in [2.75, 3.05) is 5.32 Å². The van der Waals surface area contributed by atoms with Gasteiger partial charge in [-0.3, -0.25) is 4.79 Å². The minimum atomic E-state index is -1.05. The van der Waals surface area contributed by atoms with Crippen LogP contribution in [-0.4, -0.2) is 32.9 Å². The third kappa shape index (κ3) is 6.93. The van der Waals surface area contributed by atoms with Crippen LogP contribution in [0.4, 0.5) is 14.6 Å². The largest absolute Gasteiger partial charge is 1.00 e. The third-order valence-electron chi connectivity index (χ3n) is 4.43. The Balaban J connectivity index is 0.00000385. The Morgan fingerprint density at radius 3 is 2.39 bits per heavy atom. The van der Waals surface area contributed by atoms with Gasteiger partial charge in [-0.25, -0.2) is 23.5 Å². The summed E-state index contributed by atoms with van der Waals surface area (Å²) in [6, 6.07) is 9.02. The molecule has 0 aliphatic heterocycles. The van der Waals surface area contributed by atoms with E-state index in [1.54, 1.807) is 19.1 Å². The van der Waals surface area contributed by atoms with Crippen molar-refractivity contribution >= 4 is 23.6 Å². The molecule has 1 aromatic heterocycles. The minimum absolute atomic E-state index is 0. The van der Waals surface area contributed by atoms with E-state index in [0.29, 0.717) is 16.7 Å². The number of anilines is 1. The van der Waals surface area contributed by atoms with E-state index in [4.69, 9.17) is 5.11 Å². The Bertz CT molecular complexity index is 1210. The fourth-order valence-electron chi connectivity index (χ4n) is 2.87. The number of carbonyl (C=O) groups excluding carboxylic acids is 2. The molecular weight excluding hydrogens is 429 g/mol. The van der Waals surface area contributed by atoms with Gasteiger partial charge in [-0.2, -0.15) is 0 Å². The number of aromatic nitrogens is 2. The number of hydrogen-bond donors (Lipinski definition) is 2. The fourth-order valence-corrected chi connectivity index (χ4v) is 2.87. The second-order valence-corrected chi connectivity index (χ2v) is 6.84. The average molecular weight is 446 g/mol. The summed E-state index contributed by atoms with van der Waals surface area (Å²) in [5, 5.41) is 15.4. The van der Waals surface area contributed by atoms with Crippen molar-refractivity contribution in [3.8, 4) is 0 Å². The van der Waals surface area contributed by atoms with E-state index in [1.165, 1.54) is 18.2 Å². The van der Waals surface area contributed by atoms with Crippen LogP contribution in [0.15, 0.2) is 48.8 Å². The van der Waals surface area contributed by atoms with Gasteiger partial charge in [-0.1, -0.05) is 23.8 Å². The maximum Gasteiger partial charge on any atom is 1.00 e. The van der Waals surface area contributed by atoms with Gasteiger partial charge in [0.15, 0.2) is 11.6 Å². The van der Waals surface area contributed by atoms with Gasteiger partial charge < -0.3 is 20.5 Å². The van der Waals surface area contributed by atoms with E-state index in [0.717, 1.165) is 18.5 Å². The molecule has 0 fully saturated rings. The van der Waals surface area contributed by atoms with Crippen molar-refractivity contribution in [3.63, 3.8) is 0 Å². The van der Waals surface area contributed by atoms with Crippen molar-refractivity contribution in [1.82, 2.24) is 9.97 Å². The number of aryl methyl sites for hydroxylation is 1. The molecule has 0 saturated heterocycles. The average Bonchev–Trinajstić information content (AvgIpc) is 2.74. The maximum atomic E-state index is 13.2. The van der Waals surface area contributed by atoms with Crippen molar-refractivity contribution in [1.29, 1.82) is 0 Å². The molecule has 0 bridgehead atoms. The molecule has 3 rings (SSSR count). The normalized spacial score (nSPS) is 10.2. The zero-order valence-corrected chi connectivity index (χ0v) is 17.8. The number of carboxylic acid groups (broad SMARTS) is 1. The summed E-state index contributed by atoms with van der Waals surface area (Å²) in [6.45, 7) is 1.46. The number of aromatic carboxylic acids is 1. The van der Waals surface area contributed by atoms with Gasteiger partial charge >= 0.3 is 24.8 Å². The molecule has 2 amide bonds. The van der Waals surface area contributed by atoms with Crippen molar-refractivity contribution in [2.24, 2.45) is 0 Å². The molecule has 0 radical (unpaired) electrons. The van der Waals surface area contributed by atoms with E-state index in [2.05, 4.69) is 20.6 Å². The standard InChI is InChI=1S/C22H18F2N4O4.Li/c1-12-6-13(2-4-15(12)22(31)32)8-20(29)28-19-9-18(26-11-27-19)21(30)25-10-14-3-5-16(23)17(24)7-14;/h2-7,9,11H,8,10H2,1H3,(H3,25,26,27,28,29,30,31,32);/q;+1/p-1. The predicted octanol–water partition coefficient (Wildman–Crippen LogP) is 0.661. The van der Waals surface area contributed by atoms with Crippen LogP contribution in [0.5, 0.6) is 0 Å². The summed E-state index contributed by atoms with van der Waals surface area (Å²) in [5.41, 5.74) is 1.51. The Morgan fingerprint density at radius 1 is 1.00 bits per heavy atom. The van der Waals surface area contributed by atoms with Gasteiger partial charge in [0, 0.05) is 6.07 Å². The molecule has 0 aliphatic rings. The summed E-state index contributed by atoms with van der Waals surface area (Å²) in [5.74, 6) is -4.15. The summed E-state index contributed by atoms with van der Waals surface area (Å²) < 4.78 is 26.2. The van der Waals surface area contributed by atoms with Crippen LogP contribution in [0.2, 0.25) is 0 Å². The molecule has 33 heavy (non-hydrogen) atoms. The Morgan fingerprint density at radius 2 is 1.73 bits per heavy atom. The van der Waals surface area contributed by atoms with Gasteiger partial charge in [-0.05, 0) is 36.2 Å². The van der Waals surface area contributed by atoms with Crippen LogP contribution < -0.4 is 24.2 Å². The number of amides is 2. The SMILES string of the molecule is Cc1cc(CC(=O)Nc2cc(C(=O)[N-]Cc3ccc(F)c(F)c3)ncn2)ccc1C(=O)O.[Li+]. The number of carboxylic acids is 1. The molecule has 1 heterocycles. The summed E-state index contributed by atoms with van der Waals surface area (Å²) in [6.07, 6.45) is 1.05. The maximum absolute atomic E-state index is 13.2. The van der Waals surface area contributed by atoms with E-state index >= 15 is 0 Å². The Kier molecular flexibility index (Phi) is 8.79. The van der Waals surface area contributed by atoms with Gasteiger partial charge in [0.25, 0.3) is 0 Å². The smallest absolute Gasteiger partial charge is 0.644 e. The van der Waals surface area contributed by atoms with Crippen LogP contribution in [0, 0.1) is 18.6 Å². The predicted molar refractivity (Wildman–Crippen MR) is 110 cm³/mol.